The number of hydrogen-bond acceptors (Lipinski definition) is 2. The zero-order chi connectivity index (χ0) is 17.7. The number of anilines is 1. The van der Waals surface area contributed by atoms with Crippen LogP contribution in [0.25, 0.3) is 0 Å². The van der Waals surface area contributed by atoms with E-state index in [0.29, 0.717) is 6.42 Å². The molecule has 0 aliphatic carbocycles. The Morgan fingerprint density at radius 1 is 1.08 bits per heavy atom. The van der Waals surface area contributed by atoms with Crippen LogP contribution in [0, 0.1) is 20.8 Å². The largest absolute Gasteiger partial charge is 0.481 e. The Morgan fingerprint density at radius 3 is 2.33 bits per heavy atom. The molecule has 0 spiro atoms. The third kappa shape index (κ3) is 4.38. The number of benzene rings is 2. The molecule has 0 saturated heterocycles. The molecule has 0 aliphatic rings. The van der Waals surface area contributed by atoms with E-state index in [0.717, 1.165) is 40.1 Å². The van der Waals surface area contributed by atoms with Gasteiger partial charge in [-0.25, -0.2) is 0 Å². The summed E-state index contributed by atoms with van der Waals surface area (Å²) in [4.78, 5) is 12.7. The van der Waals surface area contributed by atoms with Gasteiger partial charge >= 0.3 is 0 Å². The van der Waals surface area contributed by atoms with Gasteiger partial charge in [-0.15, -0.1) is 0 Å². The topological polar surface area (TPSA) is 38.3 Å². The number of ether oxygens (including phenoxy) is 1. The minimum Gasteiger partial charge on any atom is -0.481 e. The minimum absolute atomic E-state index is 0.0966. The van der Waals surface area contributed by atoms with E-state index in [9.17, 15) is 4.79 Å². The smallest absolute Gasteiger partial charge is 0.265 e. The van der Waals surface area contributed by atoms with Crippen LogP contribution in [0.15, 0.2) is 36.4 Å². The molecular formula is C21H27NO2. The first-order valence-corrected chi connectivity index (χ1v) is 8.58. The van der Waals surface area contributed by atoms with Crippen molar-refractivity contribution in [3.8, 4) is 5.75 Å². The van der Waals surface area contributed by atoms with E-state index in [1.165, 1.54) is 0 Å². The van der Waals surface area contributed by atoms with E-state index in [1.54, 1.807) is 0 Å². The fourth-order valence-corrected chi connectivity index (χ4v) is 2.89. The molecule has 0 aromatic heterocycles. The maximum absolute atomic E-state index is 12.7. The number of carbonyl (C=O) groups excluding carboxylic acids is 1. The number of amides is 1. The molecule has 0 saturated carbocycles. The molecule has 1 N–H and O–H groups in total. The lowest BCUT2D eigenvalue weighted by Gasteiger charge is -2.20. The summed E-state index contributed by atoms with van der Waals surface area (Å²) in [5.74, 6) is 0.649. The predicted octanol–water partition coefficient (Wildman–Crippen LogP) is 4.97. The van der Waals surface area contributed by atoms with Crippen molar-refractivity contribution < 1.29 is 9.53 Å². The quantitative estimate of drug-likeness (QED) is 0.814. The highest BCUT2D eigenvalue weighted by Gasteiger charge is 2.20. The zero-order valence-electron chi connectivity index (χ0n) is 15.3. The van der Waals surface area contributed by atoms with Crippen molar-refractivity contribution in [2.75, 3.05) is 5.32 Å². The molecule has 2 aromatic rings. The van der Waals surface area contributed by atoms with Crippen LogP contribution in [-0.4, -0.2) is 12.0 Å². The van der Waals surface area contributed by atoms with Crippen molar-refractivity contribution in [2.24, 2.45) is 0 Å². The van der Waals surface area contributed by atoms with Gasteiger partial charge in [0.15, 0.2) is 6.10 Å². The average Bonchev–Trinajstić information content (AvgIpc) is 2.53. The zero-order valence-corrected chi connectivity index (χ0v) is 15.3. The highest BCUT2D eigenvalue weighted by atomic mass is 16.5. The Hall–Kier alpha value is -2.29. The van der Waals surface area contributed by atoms with Crippen molar-refractivity contribution in [3.05, 3.63) is 58.7 Å². The summed E-state index contributed by atoms with van der Waals surface area (Å²) in [5, 5.41) is 3.07. The van der Waals surface area contributed by atoms with Crippen molar-refractivity contribution in [1.29, 1.82) is 0 Å². The summed E-state index contributed by atoms with van der Waals surface area (Å²) >= 11 is 0. The van der Waals surface area contributed by atoms with Gasteiger partial charge in [-0.2, -0.15) is 0 Å². The van der Waals surface area contributed by atoms with Gasteiger partial charge in [0.05, 0.1) is 0 Å². The SMILES string of the molecule is CCc1cccc(C)c1NC(=O)[C@@H](CC)Oc1cc(C)cc(C)c1. The number of aryl methyl sites for hydroxylation is 4. The molecule has 3 nitrogen and oxygen atoms in total. The first-order chi connectivity index (χ1) is 11.4. The molecular weight excluding hydrogens is 298 g/mol. The molecule has 128 valence electrons. The van der Waals surface area contributed by atoms with Crippen LogP contribution in [0.2, 0.25) is 0 Å². The van der Waals surface area contributed by atoms with Gasteiger partial charge in [-0.1, -0.05) is 38.1 Å². The fraction of sp³-hybridized carbons (Fsp3) is 0.381. The maximum atomic E-state index is 12.7. The van der Waals surface area contributed by atoms with Gasteiger partial charge in [0, 0.05) is 5.69 Å². The first kappa shape index (κ1) is 18.1. The fourth-order valence-electron chi connectivity index (χ4n) is 2.89. The van der Waals surface area contributed by atoms with E-state index < -0.39 is 6.10 Å². The van der Waals surface area contributed by atoms with Crippen molar-refractivity contribution in [2.45, 2.75) is 53.6 Å². The standard InChI is InChI=1S/C21H27NO2/c1-6-17-10-8-9-16(5)20(17)22-21(23)19(7-2)24-18-12-14(3)11-15(4)13-18/h8-13,19H,6-7H2,1-5H3,(H,22,23)/t19-/m1/s1. The second kappa shape index (κ2) is 8.00. The molecule has 24 heavy (non-hydrogen) atoms. The Bertz CT molecular complexity index is 702. The van der Waals surface area contributed by atoms with Crippen LogP contribution in [0.4, 0.5) is 5.69 Å². The average molecular weight is 325 g/mol. The monoisotopic (exact) mass is 325 g/mol. The number of rotatable bonds is 6. The molecule has 3 heteroatoms. The van der Waals surface area contributed by atoms with Crippen LogP contribution >= 0.6 is 0 Å². The predicted molar refractivity (Wildman–Crippen MR) is 99.8 cm³/mol. The highest BCUT2D eigenvalue weighted by Crippen LogP contribution is 2.23. The van der Waals surface area contributed by atoms with Gasteiger partial charge in [-0.05, 0) is 68.0 Å². The molecule has 1 amide bonds. The molecule has 0 bridgehead atoms. The second-order valence-corrected chi connectivity index (χ2v) is 6.29. The summed E-state index contributed by atoms with van der Waals surface area (Å²) in [7, 11) is 0. The molecule has 0 unspecified atom stereocenters. The lowest BCUT2D eigenvalue weighted by Crippen LogP contribution is -2.33. The molecule has 0 radical (unpaired) electrons. The molecule has 0 aliphatic heterocycles. The summed E-state index contributed by atoms with van der Waals surface area (Å²) in [6.07, 6.45) is 0.994. The van der Waals surface area contributed by atoms with Crippen LogP contribution < -0.4 is 10.1 Å². The normalized spacial score (nSPS) is 11.9. The van der Waals surface area contributed by atoms with Gasteiger partial charge in [-0.3, -0.25) is 4.79 Å². The third-order valence-electron chi connectivity index (χ3n) is 4.12. The van der Waals surface area contributed by atoms with Crippen LogP contribution in [0.5, 0.6) is 5.75 Å². The first-order valence-electron chi connectivity index (χ1n) is 8.58. The van der Waals surface area contributed by atoms with Crippen molar-refractivity contribution >= 4 is 11.6 Å². The van der Waals surface area contributed by atoms with E-state index in [2.05, 4.69) is 18.3 Å². The van der Waals surface area contributed by atoms with Gasteiger partial charge in [0.2, 0.25) is 0 Å². The molecule has 2 rings (SSSR count). The second-order valence-electron chi connectivity index (χ2n) is 6.29. The van der Waals surface area contributed by atoms with Crippen molar-refractivity contribution in [3.63, 3.8) is 0 Å². The van der Waals surface area contributed by atoms with Crippen molar-refractivity contribution in [1.82, 2.24) is 0 Å². The highest BCUT2D eigenvalue weighted by molar-refractivity contribution is 5.95. The van der Waals surface area contributed by atoms with E-state index in [-0.39, 0.29) is 5.91 Å². The molecule has 0 fully saturated rings. The summed E-state index contributed by atoms with van der Waals surface area (Å²) < 4.78 is 5.96. The summed E-state index contributed by atoms with van der Waals surface area (Å²) in [6, 6.07) is 12.1. The van der Waals surface area contributed by atoms with E-state index in [1.807, 2.05) is 58.0 Å². The molecule has 0 heterocycles. The lowest BCUT2D eigenvalue weighted by atomic mass is 10.1. The maximum Gasteiger partial charge on any atom is 0.265 e. The van der Waals surface area contributed by atoms with Gasteiger partial charge in [0.25, 0.3) is 5.91 Å². The lowest BCUT2D eigenvalue weighted by molar-refractivity contribution is -0.122. The third-order valence-corrected chi connectivity index (χ3v) is 4.12. The number of nitrogens with one attached hydrogen (secondary N) is 1. The summed E-state index contributed by atoms with van der Waals surface area (Å²) in [5.41, 5.74) is 5.39. The Labute approximate surface area is 145 Å². The van der Waals surface area contributed by atoms with Crippen LogP contribution in [0.3, 0.4) is 0 Å². The number of para-hydroxylation sites is 1. The molecule has 1 atom stereocenters. The van der Waals surface area contributed by atoms with Crippen LogP contribution in [0.1, 0.15) is 42.5 Å². The van der Waals surface area contributed by atoms with Gasteiger partial charge < -0.3 is 10.1 Å². The molecule has 2 aromatic carbocycles. The Balaban J connectivity index is 2.17. The van der Waals surface area contributed by atoms with Crippen LogP contribution in [-0.2, 0) is 11.2 Å². The Kier molecular flexibility index (Phi) is 6.02. The van der Waals surface area contributed by atoms with Gasteiger partial charge in [0.1, 0.15) is 5.75 Å². The Morgan fingerprint density at radius 2 is 1.75 bits per heavy atom. The summed E-state index contributed by atoms with van der Waals surface area (Å²) in [6.45, 7) is 10.1. The number of carbonyl (C=O) groups is 1. The van der Waals surface area contributed by atoms with E-state index in [4.69, 9.17) is 4.74 Å². The number of hydrogen-bond donors (Lipinski definition) is 1. The van der Waals surface area contributed by atoms with E-state index >= 15 is 0 Å². The minimum atomic E-state index is -0.504.